The van der Waals surface area contributed by atoms with Crippen LogP contribution < -0.4 is 11.1 Å². The summed E-state index contributed by atoms with van der Waals surface area (Å²) in [5, 5.41) is 3.44. The van der Waals surface area contributed by atoms with Crippen LogP contribution in [0.1, 0.15) is 29.7 Å². The van der Waals surface area contributed by atoms with Crippen LogP contribution in [-0.4, -0.2) is 16.5 Å². The third-order valence-corrected chi connectivity index (χ3v) is 2.95. The molecular formula is C14H18N4. The summed E-state index contributed by atoms with van der Waals surface area (Å²) in [5.41, 5.74) is 9.29. The Balaban J connectivity index is 2.48. The largest absolute Gasteiger partial charge is 0.383 e. The molecule has 4 heteroatoms. The third kappa shape index (κ3) is 2.49. The lowest BCUT2D eigenvalue weighted by Crippen LogP contribution is -2.24. The van der Waals surface area contributed by atoms with Gasteiger partial charge in [0.1, 0.15) is 5.82 Å². The molecular weight excluding hydrogens is 224 g/mol. The second-order valence-electron chi connectivity index (χ2n) is 4.20. The van der Waals surface area contributed by atoms with Gasteiger partial charge in [-0.25, -0.2) is 4.98 Å². The maximum atomic E-state index is 6.02. The molecule has 0 aliphatic heterocycles. The number of hydrogen-bond acceptors (Lipinski definition) is 4. The third-order valence-electron chi connectivity index (χ3n) is 2.95. The molecule has 1 atom stereocenters. The van der Waals surface area contributed by atoms with Gasteiger partial charge < -0.3 is 11.1 Å². The maximum Gasteiger partial charge on any atom is 0.128 e. The van der Waals surface area contributed by atoms with Crippen molar-refractivity contribution >= 4 is 5.82 Å². The summed E-state index contributed by atoms with van der Waals surface area (Å²) in [5.74, 6) is 0.574. The van der Waals surface area contributed by atoms with E-state index in [1.54, 1.807) is 12.4 Å². The summed E-state index contributed by atoms with van der Waals surface area (Å²) in [6.45, 7) is 4.98. The lowest BCUT2D eigenvalue weighted by molar-refractivity contribution is 0.625. The highest BCUT2D eigenvalue weighted by Crippen LogP contribution is 2.27. The van der Waals surface area contributed by atoms with E-state index in [0.29, 0.717) is 5.82 Å². The summed E-state index contributed by atoms with van der Waals surface area (Å²) in [7, 11) is 0. The highest BCUT2D eigenvalue weighted by Gasteiger charge is 2.18. The quantitative estimate of drug-likeness (QED) is 0.861. The van der Waals surface area contributed by atoms with Crippen molar-refractivity contribution in [3.8, 4) is 0 Å². The van der Waals surface area contributed by atoms with Crippen LogP contribution in [0.2, 0.25) is 0 Å². The lowest BCUT2D eigenvalue weighted by atomic mass is 9.97. The van der Waals surface area contributed by atoms with Crippen molar-refractivity contribution in [3.63, 3.8) is 0 Å². The SMILES string of the molecule is CCNC(c1cccnc1)c1c(C)ccnc1N. The number of nitrogens with two attached hydrogens (primary N) is 1. The van der Waals surface area contributed by atoms with Crippen molar-refractivity contribution in [2.45, 2.75) is 19.9 Å². The predicted octanol–water partition coefficient (Wildman–Crippen LogP) is 2.07. The second kappa shape index (κ2) is 5.60. The molecule has 2 aromatic rings. The molecule has 3 N–H and O–H groups in total. The van der Waals surface area contributed by atoms with Crippen molar-refractivity contribution in [1.29, 1.82) is 0 Å². The summed E-state index contributed by atoms with van der Waals surface area (Å²) in [6, 6.07) is 6.00. The van der Waals surface area contributed by atoms with Crippen molar-refractivity contribution in [3.05, 3.63) is 53.5 Å². The van der Waals surface area contributed by atoms with Gasteiger partial charge in [-0.05, 0) is 36.7 Å². The van der Waals surface area contributed by atoms with Gasteiger partial charge in [-0.2, -0.15) is 0 Å². The van der Waals surface area contributed by atoms with Gasteiger partial charge in [0.25, 0.3) is 0 Å². The van der Waals surface area contributed by atoms with Crippen LogP contribution in [0.3, 0.4) is 0 Å². The van der Waals surface area contributed by atoms with Crippen LogP contribution >= 0.6 is 0 Å². The lowest BCUT2D eigenvalue weighted by Gasteiger charge is -2.21. The van der Waals surface area contributed by atoms with Gasteiger partial charge in [-0.1, -0.05) is 13.0 Å². The van der Waals surface area contributed by atoms with E-state index in [1.807, 2.05) is 31.3 Å². The predicted molar refractivity (Wildman–Crippen MR) is 73.1 cm³/mol. The average Bonchev–Trinajstić information content (AvgIpc) is 2.38. The smallest absolute Gasteiger partial charge is 0.128 e. The van der Waals surface area contributed by atoms with Gasteiger partial charge in [0.2, 0.25) is 0 Å². The number of aryl methyl sites for hydroxylation is 1. The molecule has 0 saturated carbocycles. The summed E-state index contributed by atoms with van der Waals surface area (Å²) in [6.07, 6.45) is 5.37. The van der Waals surface area contributed by atoms with Crippen LogP contribution in [0.15, 0.2) is 36.8 Å². The zero-order chi connectivity index (χ0) is 13.0. The Morgan fingerprint density at radius 1 is 1.33 bits per heavy atom. The molecule has 0 bridgehead atoms. The number of nitrogens with one attached hydrogen (secondary N) is 1. The molecule has 0 aromatic carbocycles. The number of nitrogens with zero attached hydrogens (tertiary/aromatic N) is 2. The standard InChI is InChI=1S/C14H18N4/c1-3-17-13(11-5-4-7-16-9-11)12-10(2)6-8-18-14(12)15/h4-9,13,17H,3H2,1-2H3,(H2,15,18). The minimum Gasteiger partial charge on any atom is -0.383 e. The Morgan fingerprint density at radius 3 is 2.78 bits per heavy atom. The first-order valence-corrected chi connectivity index (χ1v) is 6.08. The molecule has 0 aliphatic rings. The Kier molecular flexibility index (Phi) is 3.89. The van der Waals surface area contributed by atoms with E-state index in [0.717, 1.165) is 23.2 Å². The molecule has 0 fully saturated rings. The molecule has 0 saturated heterocycles. The normalized spacial score (nSPS) is 12.3. The van der Waals surface area contributed by atoms with Gasteiger partial charge in [0.05, 0.1) is 6.04 Å². The number of aromatic nitrogens is 2. The molecule has 0 radical (unpaired) electrons. The van der Waals surface area contributed by atoms with Crippen molar-refractivity contribution in [2.75, 3.05) is 12.3 Å². The number of nitrogen functional groups attached to an aromatic ring is 1. The fourth-order valence-corrected chi connectivity index (χ4v) is 2.10. The van der Waals surface area contributed by atoms with Crippen LogP contribution in [0.5, 0.6) is 0 Å². The van der Waals surface area contributed by atoms with E-state index >= 15 is 0 Å². The monoisotopic (exact) mass is 242 g/mol. The zero-order valence-electron chi connectivity index (χ0n) is 10.7. The van der Waals surface area contributed by atoms with E-state index in [1.165, 1.54) is 0 Å². The van der Waals surface area contributed by atoms with Gasteiger partial charge in [0.15, 0.2) is 0 Å². The maximum absolute atomic E-state index is 6.02. The second-order valence-corrected chi connectivity index (χ2v) is 4.20. The first kappa shape index (κ1) is 12.5. The van der Waals surface area contributed by atoms with E-state index < -0.39 is 0 Å². The molecule has 0 amide bonds. The molecule has 2 heterocycles. The van der Waals surface area contributed by atoms with Crippen molar-refractivity contribution in [1.82, 2.24) is 15.3 Å². The van der Waals surface area contributed by atoms with Crippen LogP contribution in [0.4, 0.5) is 5.82 Å². The number of rotatable bonds is 4. The minimum absolute atomic E-state index is 0.0393. The van der Waals surface area contributed by atoms with E-state index in [4.69, 9.17) is 5.73 Å². The fourth-order valence-electron chi connectivity index (χ4n) is 2.10. The summed E-state index contributed by atoms with van der Waals surface area (Å²) < 4.78 is 0. The Bertz CT molecular complexity index is 490. The number of hydrogen-bond donors (Lipinski definition) is 2. The summed E-state index contributed by atoms with van der Waals surface area (Å²) in [4.78, 5) is 8.36. The highest BCUT2D eigenvalue weighted by atomic mass is 14.9. The molecule has 4 nitrogen and oxygen atoms in total. The van der Waals surface area contributed by atoms with Crippen LogP contribution in [0.25, 0.3) is 0 Å². The molecule has 18 heavy (non-hydrogen) atoms. The molecule has 94 valence electrons. The van der Waals surface area contributed by atoms with Gasteiger partial charge in [0, 0.05) is 24.2 Å². The molecule has 0 spiro atoms. The molecule has 0 aliphatic carbocycles. The van der Waals surface area contributed by atoms with E-state index in [9.17, 15) is 0 Å². The zero-order valence-corrected chi connectivity index (χ0v) is 10.7. The van der Waals surface area contributed by atoms with Gasteiger partial charge in [-0.15, -0.1) is 0 Å². The number of pyridine rings is 2. The highest BCUT2D eigenvalue weighted by molar-refractivity contribution is 5.49. The van der Waals surface area contributed by atoms with Crippen LogP contribution in [-0.2, 0) is 0 Å². The molecule has 2 aromatic heterocycles. The minimum atomic E-state index is 0.0393. The first-order valence-electron chi connectivity index (χ1n) is 6.08. The Labute approximate surface area is 107 Å². The molecule has 1 unspecified atom stereocenters. The van der Waals surface area contributed by atoms with E-state index in [-0.39, 0.29) is 6.04 Å². The van der Waals surface area contributed by atoms with E-state index in [2.05, 4.69) is 22.2 Å². The van der Waals surface area contributed by atoms with Crippen LogP contribution in [0, 0.1) is 6.92 Å². The fraction of sp³-hybridized carbons (Fsp3) is 0.286. The first-order chi connectivity index (χ1) is 8.74. The average molecular weight is 242 g/mol. The van der Waals surface area contributed by atoms with Crippen molar-refractivity contribution in [2.24, 2.45) is 0 Å². The number of anilines is 1. The Hall–Kier alpha value is -1.94. The van der Waals surface area contributed by atoms with Crippen molar-refractivity contribution < 1.29 is 0 Å². The Morgan fingerprint density at radius 2 is 2.17 bits per heavy atom. The van der Waals surface area contributed by atoms with Gasteiger partial charge in [-0.3, -0.25) is 4.98 Å². The topological polar surface area (TPSA) is 63.8 Å². The molecule has 2 rings (SSSR count). The van der Waals surface area contributed by atoms with Gasteiger partial charge >= 0.3 is 0 Å². The summed E-state index contributed by atoms with van der Waals surface area (Å²) >= 11 is 0.